The molecule has 16 nitrogen and oxygen atoms in total. The summed E-state index contributed by atoms with van der Waals surface area (Å²) < 4.78 is 0. The van der Waals surface area contributed by atoms with Gasteiger partial charge in [-0.15, -0.1) is 0 Å². The van der Waals surface area contributed by atoms with Gasteiger partial charge in [-0.1, -0.05) is 44.2 Å². The van der Waals surface area contributed by atoms with Gasteiger partial charge in [0, 0.05) is 13.1 Å². The third kappa shape index (κ3) is 11.9. The number of hydrogen-bond acceptors (Lipinski definition) is 9. The van der Waals surface area contributed by atoms with Crippen molar-refractivity contribution < 1.29 is 38.7 Å². The molecule has 4 rings (SSSR count). The van der Waals surface area contributed by atoms with Crippen LogP contribution < -0.4 is 38.1 Å². The van der Waals surface area contributed by atoms with Gasteiger partial charge in [-0.3, -0.25) is 33.6 Å². The number of primary amides is 1. The number of nitrogens with two attached hydrogens (primary N) is 2. The van der Waals surface area contributed by atoms with Crippen LogP contribution in [0.5, 0.6) is 5.75 Å². The maximum absolute atomic E-state index is 13.8. The quantitative estimate of drug-likeness (QED) is 0.164. The molecule has 1 aromatic rings. The molecule has 5 atom stereocenters. The van der Waals surface area contributed by atoms with E-state index in [1.165, 1.54) is 17.0 Å². The lowest BCUT2D eigenvalue weighted by atomic mass is 9.84. The van der Waals surface area contributed by atoms with Gasteiger partial charge >= 0.3 is 0 Å². The van der Waals surface area contributed by atoms with Gasteiger partial charge in [0.1, 0.15) is 29.9 Å². The number of phenols is 1. The molecule has 3 fully saturated rings. The third-order valence-electron chi connectivity index (χ3n) is 9.84. The average Bonchev–Trinajstić information content (AvgIpc) is 3.61. The monoisotopic (exact) mass is 712 g/mol. The number of likely N-dealkylation sites (tertiary alicyclic amines) is 1. The molecule has 10 N–H and O–H groups in total. The fourth-order valence-electron chi connectivity index (χ4n) is 7.01. The van der Waals surface area contributed by atoms with Gasteiger partial charge in [0.2, 0.25) is 41.4 Å². The summed E-state index contributed by atoms with van der Waals surface area (Å²) in [6.07, 6.45) is 6.75. The largest absolute Gasteiger partial charge is 0.508 e. The number of aromatic hydroxyl groups is 1. The van der Waals surface area contributed by atoms with Crippen LogP contribution in [0.2, 0.25) is 0 Å². The van der Waals surface area contributed by atoms with Crippen molar-refractivity contribution >= 4 is 41.4 Å². The summed E-state index contributed by atoms with van der Waals surface area (Å²) >= 11 is 0. The summed E-state index contributed by atoms with van der Waals surface area (Å²) in [4.78, 5) is 93.5. The second kappa shape index (κ2) is 19.0. The molecule has 0 spiro atoms. The Bertz CT molecular complexity index is 1420. The van der Waals surface area contributed by atoms with Crippen LogP contribution in [-0.4, -0.2) is 101 Å². The number of benzene rings is 1. The Morgan fingerprint density at radius 3 is 2.27 bits per heavy atom. The molecule has 1 aliphatic carbocycles. The van der Waals surface area contributed by atoms with Crippen molar-refractivity contribution in [3.63, 3.8) is 0 Å². The zero-order valence-electron chi connectivity index (χ0n) is 29.0. The smallest absolute Gasteiger partial charge is 0.246 e. The van der Waals surface area contributed by atoms with Gasteiger partial charge in [-0.2, -0.15) is 0 Å². The molecular weight excluding hydrogens is 660 g/mol. The lowest BCUT2D eigenvalue weighted by Crippen LogP contribution is -2.58. The molecule has 0 bridgehead atoms. The summed E-state index contributed by atoms with van der Waals surface area (Å²) in [6, 6.07) is 0.992. The minimum Gasteiger partial charge on any atom is -0.508 e. The van der Waals surface area contributed by atoms with Crippen LogP contribution in [0.3, 0.4) is 0 Å². The molecule has 280 valence electrons. The predicted octanol–water partition coefficient (Wildman–Crippen LogP) is -1.03. The highest BCUT2D eigenvalue weighted by Crippen LogP contribution is 2.27. The molecule has 2 heterocycles. The highest BCUT2D eigenvalue weighted by Gasteiger charge is 2.39. The first-order valence-electron chi connectivity index (χ1n) is 18.0. The second-order valence-corrected chi connectivity index (χ2v) is 13.8. The predicted molar refractivity (Wildman–Crippen MR) is 185 cm³/mol. The summed E-state index contributed by atoms with van der Waals surface area (Å²) in [5.41, 5.74) is 12.4. The fraction of sp³-hybridized carbons (Fsp3) is 0.629. The molecule has 0 radical (unpaired) electrons. The lowest BCUT2D eigenvalue weighted by molar-refractivity contribution is -0.142. The summed E-state index contributed by atoms with van der Waals surface area (Å²) in [7, 11) is 0. The molecule has 7 amide bonds. The average molecular weight is 713 g/mol. The van der Waals surface area contributed by atoms with E-state index in [1.807, 2.05) is 0 Å². The van der Waals surface area contributed by atoms with Crippen LogP contribution in [0, 0.1) is 5.92 Å². The Morgan fingerprint density at radius 1 is 0.863 bits per heavy atom. The van der Waals surface area contributed by atoms with Crippen LogP contribution >= 0.6 is 0 Å². The van der Waals surface area contributed by atoms with E-state index in [9.17, 15) is 38.7 Å². The van der Waals surface area contributed by atoms with Crippen molar-refractivity contribution in [3.05, 3.63) is 29.8 Å². The lowest BCUT2D eigenvalue weighted by Gasteiger charge is -2.30. The van der Waals surface area contributed by atoms with Gasteiger partial charge in [-0.25, -0.2) is 0 Å². The Kier molecular flexibility index (Phi) is 14.6. The zero-order chi connectivity index (χ0) is 36.9. The normalized spacial score (nSPS) is 25.4. The van der Waals surface area contributed by atoms with Gasteiger partial charge in [0.25, 0.3) is 0 Å². The number of nitrogens with one attached hydrogen (secondary N) is 5. The maximum Gasteiger partial charge on any atom is 0.246 e. The molecule has 51 heavy (non-hydrogen) atoms. The SMILES string of the molecule is NC(=O)[C@@H]1CCCN1C(=O)[C@H]1CC(=O)NCCCC[C@@H](NC(=O)[C@@H](N)Cc2ccc(O)cc2)C(=O)NCC(=O)N[C@@H](CC2CCCCC2)C(=O)N1. The topological polar surface area (TPSA) is 255 Å². The number of carbonyl (C=O) groups is 7. The van der Waals surface area contributed by atoms with Crippen LogP contribution in [0.15, 0.2) is 24.3 Å². The number of hydrogen-bond donors (Lipinski definition) is 8. The zero-order valence-corrected chi connectivity index (χ0v) is 29.0. The molecule has 1 saturated carbocycles. The van der Waals surface area contributed by atoms with E-state index >= 15 is 0 Å². The van der Waals surface area contributed by atoms with Crippen molar-refractivity contribution in [1.29, 1.82) is 0 Å². The van der Waals surface area contributed by atoms with Gasteiger partial charge in [0.05, 0.1) is 19.0 Å². The first kappa shape index (κ1) is 39.1. The van der Waals surface area contributed by atoms with E-state index in [1.54, 1.807) is 12.1 Å². The molecule has 0 unspecified atom stereocenters. The van der Waals surface area contributed by atoms with Crippen LogP contribution in [0.25, 0.3) is 0 Å². The van der Waals surface area contributed by atoms with E-state index < -0.39 is 84.5 Å². The molecule has 16 heteroatoms. The fourth-order valence-corrected chi connectivity index (χ4v) is 7.01. The summed E-state index contributed by atoms with van der Waals surface area (Å²) in [6.45, 7) is -0.0359. The van der Waals surface area contributed by atoms with E-state index in [-0.39, 0.29) is 37.6 Å². The third-order valence-corrected chi connectivity index (χ3v) is 9.84. The first-order valence-corrected chi connectivity index (χ1v) is 18.0. The molecule has 0 aromatic heterocycles. The summed E-state index contributed by atoms with van der Waals surface area (Å²) in [5.74, 6) is -4.06. The van der Waals surface area contributed by atoms with E-state index in [2.05, 4.69) is 26.6 Å². The van der Waals surface area contributed by atoms with Crippen LogP contribution in [-0.2, 0) is 40.0 Å². The Hall–Kier alpha value is -4.73. The first-order chi connectivity index (χ1) is 24.4. The number of carbonyl (C=O) groups excluding carboxylic acids is 7. The highest BCUT2D eigenvalue weighted by molar-refractivity contribution is 5.97. The van der Waals surface area contributed by atoms with E-state index in [0.29, 0.717) is 37.7 Å². The van der Waals surface area contributed by atoms with Gasteiger partial charge in [-0.05, 0) is 68.6 Å². The van der Waals surface area contributed by atoms with E-state index in [4.69, 9.17) is 11.5 Å². The Morgan fingerprint density at radius 2 is 1.57 bits per heavy atom. The van der Waals surface area contributed by atoms with Crippen LogP contribution in [0.1, 0.15) is 82.6 Å². The van der Waals surface area contributed by atoms with Gasteiger partial charge < -0.3 is 48.1 Å². The van der Waals surface area contributed by atoms with Gasteiger partial charge in [0.15, 0.2) is 0 Å². The summed E-state index contributed by atoms with van der Waals surface area (Å²) in [5, 5.41) is 22.9. The van der Waals surface area contributed by atoms with Crippen molar-refractivity contribution in [2.24, 2.45) is 17.4 Å². The molecular formula is C35H52N8O8. The van der Waals surface area contributed by atoms with Crippen molar-refractivity contribution in [2.45, 2.75) is 114 Å². The molecule has 2 saturated heterocycles. The van der Waals surface area contributed by atoms with E-state index in [0.717, 1.165) is 32.1 Å². The minimum absolute atomic E-state index is 0.0741. The number of phenolic OH excluding ortho intramolecular Hbond substituents is 1. The minimum atomic E-state index is -1.30. The van der Waals surface area contributed by atoms with Crippen molar-refractivity contribution in [3.8, 4) is 5.75 Å². The second-order valence-electron chi connectivity index (χ2n) is 13.8. The standard InChI is InChI=1S/C35H52N8O8/c36-24(17-22-11-13-23(44)14-12-22)32(48)41-25-9-4-5-15-38-29(45)19-27(35(51)43-16-6-10-28(43)31(37)47)42-34(50)26(18-21-7-2-1-3-8-21)40-30(46)20-39-33(25)49/h11-14,21,24-28,44H,1-10,15-20,36H2,(H2,37,47)(H,38,45)(H,39,49)(H,40,46)(H,41,48)(H,42,50)/t24-,25+,26-,27+,28-/m0/s1. The number of amides is 7. The molecule has 1 aromatic carbocycles. The number of nitrogens with zero attached hydrogens (tertiary/aromatic N) is 1. The van der Waals surface area contributed by atoms with Crippen molar-refractivity contribution in [1.82, 2.24) is 31.5 Å². The molecule has 3 aliphatic rings. The number of rotatable bonds is 8. The Labute approximate surface area is 297 Å². The highest BCUT2D eigenvalue weighted by atomic mass is 16.3. The maximum atomic E-state index is 13.8. The molecule has 2 aliphatic heterocycles. The Balaban J connectivity index is 1.49. The van der Waals surface area contributed by atoms with Crippen LogP contribution in [0.4, 0.5) is 0 Å². The van der Waals surface area contributed by atoms with Crippen molar-refractivity contribution in [2.75, 3.05) is 19.6 Å².